The zero-order chi connectivity index (χ0) is 10.7. The largest absolute Gasteiger partial charge is 0.337 e. The third kappa shape index (κ3) is 2.21. The summed E-state index contributed by atoms with van der Waals surface area (Å²) in [5.74, 6) is 0.698. The lowest BCUT2D eigenvalue weighted by molar-refractivity contribution is 0.112. The second-order valence-electron chi connectivity index (χ2n) is 3.68. The zero-order valence-electron chi connectivity index (χ0n) is 8.68. The van der Waals surface area contributed by atoms with Crippen LogP contribution in [0.15, 0.2) is 24.0 Å². The van der Waals surface area contributed by atoms with E-state index < -0.39 is 0 Å². The van der Waals surface area contributed by atoms with Crippen molar-refractivity contribution in [2.75, 3.05) is 18.0 Å². The summed E-state index contributed by atoms with van der Waals surface area (Å²) in [4.78, 5) is 20.8. The first-order valence-corrected chi connectivity index (χ1v) is 4.97. The van der Waals surface area contributed by atoms with Gasteiger partial charge in [-0.05, 0) is 13.3 Å². The van der Waals surface area contributed by atoms with Gasteiger partial charge in [0.15, 0.2) is 6.29 Å². The number of aldehydes is 1. The fraction of sp³-hybridized carbons (Fsp3) is 0.364. The molecule has 0 amide bonds. The highest BCUT2D eigenvalue weighted by Crippen LogP contribution is 2.14. The molecule has 0 unspecified atom stereocenters. The average molecular weight is 203 g/mol. The Morgan fingerprint density at radius 2 is 2.13 bits per heavy atom. The first-order valence-electron chi connectivity index (χ1n) is 4.97. The molecule has 0 saturated carbocycles. The van der Waals surface area contributed by atoms with Gasteiger partial charge in [-0.2, -0.15) is 0 Å². The number of rotatable bonds is 2. The maximum atomic E-state index is 10.4. The third-order valence-electron chi connectivity index (χ3n) is 2.51. The molecule has 1 aromatic heterocycles. The van der Waals surface area contributed by atoms with E-state index in [0.29, 0.717) is 11.5 Å². The van der Waals surface area contributed by atoms with E-state index in [-0.39, 0.29) is 0 Å². The van der Waals surface area contributed by atoms with E-state index in [1.54, 1.807) is 12.4 Å². The number of anilines is 1. The van der Waals surface area contributed by atoms with E-state index in [2.05, 4.69) is 27.9 Å². The summed E-state index contributed by atoms with van der Waals surface area (Å²) in [6.07, 6.45) is 7.10. The summed E-state index contributed by atoms with van der Waals surface area (Å²) in [5, 5.41) is 0. The first-order chi connectivity index (χ1) is 7.29. The Hall–Kier alpha value is -1.71. The topological polar surface area (TPSA) is 46.1 Å². The summed E-state index contributed by atoms with van der Waals surface area (Å²) < 4.78 is 0. The van der Waals surface area contributed by atoms with Crippen LogP contribution in [0.4, 0.5) is 5.95 Å². The number of hydrogen-bond donors (Lipinski definition) is 0. The van der Waals surface area contributed by atoms with Gasteiger partial charge >= 0.3 is 0 Å². The maximum Gasteiger partial charge on any atom is 0.225 e. The first kappa shape index (κ1) is 9.83. The molecule has 1 aliphatic rings. The Bertz CT molecular complexity index is 383. The van der Waals surface area contributed by atoms with E-state index >= 15 is 0 Å². The van der Waals surface area contributed by atoms with Gasteiger partial charge in [0.2, 0.25) is 5.95 Å². The highest BCUT2D eigenvalue weighted by molar-refractivity contribution is 5.73. The normalized spacial score (nSPS) is 16.1. The minimum absolute atomic E-state index is 0.516. The Morgan fingerprint density at radius 3 is 2.67 bits per heavy atom. The molecule has 78 valence electrons. The van der Waals surface area contributed by atoms with E-state index in [1.807, 2.05) is 0 Å². The molecule has 2 rings (SSSR count). The predicted octanol–water partition coefficient (Wildman–Crippen LogP) is 1.45. The minimum Gasteiger partial charge on any atom is -0.337 e. The molecule has 4 heteroatoms. The lowest BCUT2D eigenvalue weighted by Gasteiger charge is -2.25. The third-order valence-corrected chi connectivity index (χ3v) is 2.51. The standard InChI is InChI=1S/C11H13N3O/c1-9-2-4-14(5-3-9)11-12-6-10(8-15)7-13-11/h2,6-8H,3-5H2,1H3. The molecule has 0 saturated heterocycles. The van der Waals surface area contributed by atoms with Gasteiger partial charge in [-0.25, -0.2) is 9.97 Å². The van der Waals surface area contributed by atoms with Gasteiger partial charge in [-0.15, -0.1) is 0 Å². The van der Waals surface area contributed by atoms with Crippen molar-refractivity contribution in [3.63, 3.8) is 0 Å². The number of nitrogens with zero attached hydrogens (tertiary/aromatic N) is 3. The van der Waals surface area contributed by atoms with Gasteiger partial charge in [-0.3, -0.25) is 4.79 Å². The van der Waals surface area contributed by atoms with E-state index in [1.165, 1.54) is 5.57 Å². The van der Waals surface area contributed by atoms with Crippen LogP contribution >= 0.6 is 0 Å². The molecule has 0 bridgehead atoms. The molecular weight excluding hydrogens is 190 g/mol. The maximum absolute atomic E-state index is 10.4. The molecule has 0 radical (unpaired) electrons. The van der Waals surface area contributed by atoms with Crippen LogP contribution in [0.1, 0.15) is 23.7 Å². The van der Waals surface area contributed by atoms with Gasteiger partial charge in [0, 0.05) is 25.5 Å². The van der Waals surface area contributed by atoms with Crippen molar-refractivity contribution in [2.45, 2.75) is 13.3 Å². The second-order valence-corrected chi connectivity index (χ2v) is 3.68. The number of hydrogen-bond acceptors (Lipinski definition) is 4. The molecule has 1 aliphatic heterocycles. The van der Waals surface area contributed by atoms with Crippen molar-refractivity contribution in [3.8, 4) is 0 Å². The molecule has 0 aromatic carbocycles. The van der Waals surface area contributed by atoms with Crippen molar-refractivity contribution in [1.29, 1.82) is 0 Å². The number of carbonyl (C=O) groups is 1. The van der Waals surface area contributed by atoms with Crippen molar-refractivity contribution in [1.82, 2.24) is 9.97 Å². The van der Waals surface area contributed by atoms with Crippen molar-refractivity contribution >= 4 is 12.2 Å². The van der Waals surface area contributed by atoms with Gasteiger partial charge < -0.3 is 4.90 Å². The Kier molecular flexibility index (Phi) is 2.76. The monoisotopic (exact) mass is 203 g/mol. The van der Waals surface area contributed by atoms with Crippen molar-refractivity contribution in [2.24, 2.45) is 0 Å². The zero-order valence-corrected chi connectivity index (χ0v) is 8.68. The molecule has 0 N–H and O–H groups in total. The van der Waals surface area contributed by atoms with Gasteiger partial charge in [0.1, 0.15) is 0 Å². The van der Waals surface area contributed by atoms with Crippen LogP contribution < -0.4 is 4.90 Å². The van der Waals surface area contributed by atoms with Gasteiger partial charge in [0.05, 0.1) is 5.56 Å². The molecule has 0 aliphatic carbocycles. The minimum atomic E-state index is 0.516. The van der Waals surface area contributed by atoms with Crippen LogP contribution in [0.5, 0.6) is 0 Å². The number of aromatic nitrogens is 2. The quantitative estimate of drug-likeness (QED) is 0.539. The summed E-state index contributed by atoms with van der Waals surface area (Å²) in [7, 11) is 0. The lowest BCUT2D eigenvalue weighted by atomic mass is 10.1. The molecule has 2 heterocycles. The summed E-state index contributed by atoms with van der Waals surface area (Å²) in [6.45, 7) is 3.93. The molecule has 0 atom stereocenters. The lowest BCUT2D eigenvalue weighted by Crippen LogP contribution is -2.29. The molecular formula is C11H13N3O. The van der Waals surface area contributed by atoms with E-state index in [0.717, 1.165) is 25.8 Å². The Labute approximate surface area is 88.7 Å². The SMILES string of the molecule is CC1=CCN(c2ncc(C=O)cn2)CC1. The Balaban J connectivity index is 2.13. The van der Waals surface area contributed by atoms with Crippen molar-refractivity contribution < 1.29 is 4.79 Å². The van der Waals surface area contributed by atoms with Crippen LogP contribution in [-0.4, -0.2) is 29.3 Å². The van der Waals surface area contributed by atoms with Crippen LogP contribution in [0.2, 0.25) is 0 Å². The highest BCUT2D eigenvalue weighted by atomic mass is 16.1. The second kappa shape index (κ2) is 4.21. The molecule has 1 aromatic rings. The molecule has 4 nitrogen and oxygen atoms in total. The predicted molar refractivity (Wildman–Crippen MR) is 58.0 cm³/mol. The fourth-order valence-electron chi connectivity index (χ4n) is 1.51. The summed E-state index contributed by atoms with van der Waals surface area (Å²) in [5.41, 5.74) is 1.93. The van der Waals surface area contributed by atoms with E-state index in [4.69, 9.17) is 0 Å². The summed E-state index contributed by atoms with van der Waals surface area (Å²) in [6, 6.07) is 0. The molecule has 0 spiro atoms. The number of carbonyl (C=O) groups excluding carboxylic acids is 1. The summed E-state index contributed by atoms with van der Waals surface area (Å²) >= 11 is 0. The fourth-order valence-corrected chi connectivity index (χ4v) is 1.51. The Morgan fingerprint density at radius 1 is 1.40 bits per heavy atom. The van der Waals surface area contributed by atoms with Crippen molar-refractivity contribution in [3.05, 3.63) is 29.6 Å². The van der Waals surface area contributed by atoms with Crippen LogP contribution in [0, 0.1) is 0 Å². The smallest absolute Gasteiger partial charge is 0.225 e. The van der Waals surface area contributed by atoms with Crippen LogP contribution in [0.3, 0.4) is 0 Å². The van der Waals surface area contributed by atoms with Gasteiger partial charge in [0.25, 0.3) is 0 Å². The molecule has 0 fully saturated rings. The highest BCUT2D eigenvalue weighted by Gasteiger charge is 2.11. The van der Waals surface area contributed by atoms with E-state index in [9.17, 15) is 4.79 Å². The van der Waals surface area contributed by atoms with Gasteiger partial charge in [-0.1, -0.05) is 11.6 Å². The molecule has 15 heavy (non-hydrogen) atoms. The van der Waals surface area contributed by atoms with Crippen LogP contribution in [0.25, 0.3) is 0 Å². The van der Waals surface area contributed by atoms with Crippen LogP contribution in [-0.2, 0) is 0 Å². The average Bonchev–Trinajstić information content (AvgIpc) is 2.30.